The molecule has 0 bridgehead atoms. The highest BCUT2D eigenvalue weighted by atomic mass is 16.5. The number of benzene rings is 1. The van der Waals surface area contributed by atoms with E-state index in [-0.39, 0.29) is 5.56 Å². The standard InChI is InChI=1S/C14H14N2O4/c1-9-6-10(8-17)14(18)16(15-9)11-4-5-12(19-2)13(7-11)20-3/h4-8H,1-3H3. The Labute approximate surface area is 115 Å². The van der Waals surface area contributed by atoms with Crippen molar-refractivity contribution in [3.63, 3.8) is 0 Å². The van der Waals surface area contributed by atoms with Crippen molar-refractivity contribution in [2.75, 3.05) is 14.2 Å². The molecule has 6 nitrogen and oxygen atoms in total. The summed E-state index contributed by atoms with van der Waals surface area (Å²) in [5.74, 6) is 1.03. The molecule has 0 radical (unpaired) electrons. The van der Waals surface area contributed by atoms with Crippen molar-refractivity contribution in [3.05, 3.63) is 45.9 Å². The smallest absolute Gasteiger partial charge is 0.282 e. The Morgan fingerprint density at radius 2 is 1.85 bits per heavy atom. The van der Waals surface area contributed by atoms with Gasteiger partial charge in [-0.25, -0.2) is 0 Å². The maximum atomic E-state index is 12.1. The number of aryl methyl sites for hydroxylation is 1. The van der Waals surface area contributed by atoms with Crippen molar-refractivity contribution in [2.24, 2.45) is 0 Å². The first-order chi connectivity index (χ1) is 9.60. The van der Waals surface area contributed by atoms with Crippen LogP contribution in [-0.4, -0.2) is 30.3 Å². The maximum Gasteiger partial charge on any atom is 0.282 e. The topological polar surface area (TPSA) is 70.4 Å². The van der Waals surface area contributed by atoms with Crippen LogP contribution in [0.4, 0.5) is 0 Å². The molecule has 2 rings (SSSR count). The van der Waals surface area contributed by atoms with Crippen LogP contribution in [-0.2, 0) is 0 Å². The van der Waals surface area contributed by atoms with Crippen molar-refractivity contribution in [1.29, 1.82) is 0 Å². The highest BCUT2D eigenvalue weighted by molar-refractivity contribution is 5.74. The molecule has 6 heteroatoms. The van der Waals surface area contributed by atoms with E-state index in [0.717, 1.165) is 0 Å². The van der Waals surface area contributed by atoms with E-state index in [1.807, 2.05) is 0 Å². The van der Waals surface area contributed by atoms with Gasteiger partial charge in [-0.05, 0) is 25.1 Å². The molecule has 0 fully saturated rings. The zero-order chi connectivity index (χ0) is 14.7. The van der Waals surface area contributed by atoms with Crippen LogP contribution >= 0.6 is 0 Å². The fourth-order valence-electron chi connectivity index (χ4n) is 1.86. The monoisotopic (exact) mass is 274 g/mol. The van der Waals surface area contributed by atoms with E-state index in [9.17, 15) is 9.59 Å². The lowest BCUT2D eigenvalue weighted by Crippen LogP contribution is -2.25. The molecule has 1 heterocycles. The third-order valence-electron chi connectivity index (χ3n) is 2.80. The molecule has 0 spiro atoms. The number of rotatable bonds is 4. The normalized spacial score (nSPS) is 10.2. The van der Waals surface area contributed by atoms with Gasteiger partial charge in [-0.2, -0.15) is 9.78 Å². The van der Waals surface area contributed by atoms with Crippen LogP contribution in [0.3, 0.4) is 0 Å². The minimum Gasteiger partial charge on any atom is -0.493 e. The Bertz CT molecular complexity index is 707. The minimum atomic E-state index is -0.474. The number of aromatic nitrogens is 2. The number of carbonyl (C=O) groups is 1. The number of methoxy groups -OCH3 is 2. The van der Waals surface area contributed by atoms with Gasteiger partial charge in [0.1, 0.15) is 0 Å². The molecule has 20 heavy (non-hydrogen) atoms. The van der Waals surface area contributed by atoms with Gasteiger partial charge < -0.3 is 9.47 Å². The SMILES string of the molecule is COc1ccc(-n2nc(C)cc(C=O)c2=O)cc1OC. The minimum absolute atomic E-state index is 0.0623. The van der Waals surface area contributed by atoms with Crippen molar-refractivity contribution in [3.8, 4) is 17.2 Å². The summed E-state index contributed by atoms with van der Waals surface area (Å²) in [6, 6.07) is 6.42. The van der Waals surface area contributed by atoms with Crippen LogP contribution < -0.4 is 15.0 Å². The zero-order valence-corrected chi connectivity index (χ0v) is 11.4. The van der Waals surface area contributed by atoms with Gasteiger partial charge >= 0.3 is 0 Å². The fourth-order valence-corrected chi connectivity index (χ4v) is 1.86. The van der Waals surface area contributed by atoms with E-state index in [2.05, 4.69) is 5.10 Å². The van der Waals surface area contributed by atoms with Crippen LogP contribution in [0.2, 0.25) is 0 Å². The third-order valence-corrected chi connectivity index (χ3v) is 2.80. The molecule has 0 aliphatic heterocycles. The lowest BCUT2D eigenvalue weighted by Gasteiger charge is -2.11. The van der Waals surface area contributed by atoms with E-state index in [4.69, 9.17) is 9.47 Å². The average molecular weight is 274 g/mol. The van der Waals surface area contributed by atoms with E-state index in [0.29, 0.717) is 29.2 Å². The van der Waals surface area contributed by atoms with Gasteiger partial charge in [0.25, 0.3) is 5.56 Å². The molecule has 0 atom stereocenters. The molecule has 0 amide bonds. The third kappa shape index (κ3) is 2.40. The summed E-state index contributed by atoms with van der Waals surface area (Å²) < 4.78 is 11.5. The van der Waals surface area contributed by atoms with Crippen molar-refractivity contribution >= 4 is 6.29 Å². The summed E-state index contributed by atoms with van der Waals surface area (Å²) in [6.45, 7) is 1.71. The Hall–Kier alpha value is -2.63. The lowest BCUT2D eigenvalue weighted by molar-refractivity contribution is 0.112. The highest BCUT2D eigenvalue weighted by Gasteiger charge is 2.11. The van der Waals surface area contributed by atoms with E-state index >= 15 is 0 Å². The van der Waals surface area contributed by atoms with Crippen LogP contribution in [0.15, 0.2) is 29.1 Å². The van der Waals surface area contributed by atoms with Gasteiger partial charge in [0.15, 0.2) is 17.8 Å². The van der Waals surface area contributed by atoms with Crippen molar-refractivity contribution in [2.45, 2.75) is 6.92 Å². The largest absolute Gasteiger partial charge is 0.493 e. The van der Waals surface area contributed by atoms with Gasteiger partial charge in [0.2, 0.25) is 0 Å². The molecule has 0 saturated heterocycles. The Morgan fingerprint density at radius 1 is 1.15 bits per heavy atom. The Morgan fingerprint density at radius 3 is 2.45 bits per heavy atom. The second-order valence-corrected chi connectivity index (χ2v) is 4.12. The first-order valence-electron chi connectivity index (χ1n) is 5.89. The van der Waals surface area contributed by atoms with Crippen LogP contribution in [0.1, 0.15) is 16.1 Å². The lowest BCUT2D eigenvalue weighted by atomic mass is 10.2. The molecule has 1 aromatic carbocycles. The van der Waals surface area contributed by atoms with Crippen molar-refractivity contribution in [1.82, 2.24) is 9.78 Å². The van der Waals surface area contributed by atoms with Gasteiger partial charge in [-0.15, -0.1) is 0 Å². The molecule has 0 aliphatic carbocycles. The number of ether oxygens (including phenoxy) is 2. The van der Waals surface area contributed by atoms with Gasteiger partial charge in [0.05, 0.1) is 31.2 Å². The molecule has 0 unspecified atom stereocenters. The summed E-state index contributed by atoms with van der Waals surface area (Å²) in [6.07, 6.45) is 0.522. The number of hydrogen-bond acceptors (Lipinski definition) is 5. The summed E-state index contributed by atoms with van der Waals surface area (Å²) in [7, 11) is 3.03. The van der Waals surface area contributed by atoms with Crippen LogP contribution in [0, 0.1) is 6.92 Å². The summed E-state index contributed by atoms with van der Waals surface area (Å²) in [5.41, 5.74) is 0.658. The number of carbonyl (C=O) groups excluding carboxylic acids is 1. The number of aldehydes is 1. The van der Waals surface area contributed by atoms with E-state index < -0.39 is 5.56 Å². The first-order valence-corrected chi connectivity index (χ1v) is 5.89. The molecular weight excluding hydrogens is 260 g/mol. The number of nitrogens with zero attached hydrogens (tertiary/aromatic N) is 2. The van der Waals surface area contributed by atoms with Gasteiger partial charge in [-0.3, -0.25) is 9.59 Å². The second kappa shape index (κ2) is 5.56. The van der Waals surface area contributed by atoms with Crippen LogP contribution in [0.25, 0.3) is 5.69 Å². The molecule has 0 aliphatic rings. The maximum absolute atomic E-state index is 12.1. The number of hydrogen-bond donors (Lipinski definition) is 0. The molecule has 2 aromatic rings. The molecular formula is C14H14N2O4. The highest BCUT2D eigenvalue weighted by Crippen LogP contribution is 2.28. The molecule has 0 saturated carbocycles. The van der Waals surface area contributed by atoms with E-state index in [1.165, 1.54) is 25.0 Å². The molecule has 0 N–H and O–H groups in total. The predicted octanol–water partition coefficient (Wildman–Crippen LogP) is 1.37. The summed E-state index contributed by atoms with van der Waals surface area (Å²) >= 11 is 0. The Kier molecular flexibility index (Phi) is 3.84. The van der Waals surface area contributed by atoms with E-state index in [1.54, 1.807) is 25.1 Å². The Balaban J connectivity index is 2.65. The van der Waals surface area contributed by atoms with Gasteiger partial charge in [-0.1, -0.05) is 0 Å². The fraction of sp³-hybridized carbons (Fsp3) is 0.214. The van der Waals surface area contributed by atoms with Gasteiger partial charge in [0, 0.05) is 6.07 Å². The predicted molar refractivity (Wildman–Crippen MR) is 73.1 cm³/mol. The molecule has 104 valence electrons. The average Bonchev–Trinajstić information content (AvgIpc) is 2.48. The quantitative estimate of drug-likeness (QED) is 0.787. The van der Waals surface area contributed by atoms with Crippen molar-refractivity contribution < 1.29 is 14.3 Å². The first kappa shape index (κ1) is 13.8. The summed E-state index contributed by atoms with van der Waals surface area (Å²) in [5, 5.41) is 4.13. The van der Waals surface area contributed by atoms with Crippen LogP contribution in [0.5, 0.6) is 11.5 Å². The summed E-state index contributed by atoms with van der Waals surface area (Å²) in [4.78, 5) is 23.0. The zero-order valence-electron chi connectivity index (χ0n) is 11.4. The second-order valence-electron chi connectivity index (χ2n) is 4.12. The molecule has 1 aromatic heterocycles.